The molecule has 1 aromatic carbocycles. The highest BCUT2D eigenvalue weighted by Gasteiger charge is 2.19. The quantitative estimate of drug-likeness (QED) is 0.867. The summed E-state index contributed by atoms with van der Waals surface area (Å²) in [5.41, 5.74) is 1.37. The Balaban J connectivity index is 1.80. The van der Waals surface area contributed by atoms with Gasteiger partial charge >= 0.3 is 0 Å². The number of rotatable bonds is 4. The lowest BCUT2D eigenvalue weighted by molar-refractivity contribution is 0.0984. The van der Waals surface area contributed by atoms with Crippen LogP contribution in [0.3, 0.4) is 0 Å². The fraction of sp³-hybridized carbons (Fsp3) is 0.600. The second-order valence-corrected chi connectivity index (χ2v) is 5.07. The molecule has 17 heavy (non-hydrogen) atoms. The Hall–Kier alpha value is -1.02. The Morgan fingerprint density at radius 1 is 1.24 bits per heavy atom. The van der Waals surface area contributed by atoms with E-state index < -0.39 is 0 Å². The number of ether oxygens (including phenoxy) is 1. The summed E-state index contributed by atoms with van der Waals surface area (Å²) in [6.07, 6.45) is 6.73. The Morgan fingerprint density at radius 2 is 2.00 bits per heavy atom. The van der Waals surface area contributed by atoms with Crippen LogP contribution in [0.2, 0.25) is 0 Å². The molecule has 2 heteroatoms. The molecule has 1 N–H and O–H groups in total. The van der Waals surface area contributed by atoms with Gasteiger partial charge < -0.3 is 9.84 Å². The summed E-state index contributed by atoms with van der Waals surface area (Å²) in [5, 5.41) is 9.63. The van der Waals surface area contributed by atoms with Crippen LogP contribution in [-0.4, -0.2) is 18.3 Å². The first-order valence-electron chi connectivity index (χ1n) is 6.59. The third kappa shape index (κ3) is 3.74. The predicted octanol–water partition coefficient (Wildman–Crippen LogP) is 3.18. The molecule has 0 saturated heterocycles. The van der Waals surface area contributed by atoms with Gasteiger partial charge in [-0.2, -0.15) is 0 Å². The van der Waals surface area contributed by atoms with Crippen LogP contribution < -0.4 is 4.74 Å². The fourth-order valence-electron chi connectivity index (χ4n) is 2.69. The molecule has 1 aliphatic rings. The van der Waals surface area contributed by atoms with E-state index in [0.29, 0.717) is 5.92 Å². The minimum absolute atomic E-state index is 0.0513. The minimum Gasteiger partial charge on any atom is -0.497 e. The largest absolute Gasteiger partial charge is 0.497 e. The van der Waals surface area contributed by atoms with Gasteiger partial charge in [0.1, 0.15) is 5.75 Å². The molecule has 0 aliphatic heterocycles. The number of aryl methyl sites for hydroxylation is 1. The molecular weight excluding hydrogens is 212 g/mol. The molecule has 1 aliphatic carbocycles. The molecule has 0 bridgehead atoms. The molecule has 0 heterocycles. The minimum atomic E-state index is -0.0513. The summed E-state index contributed by atoms with van der Waals surface area (Å²) in [5.74, 6) is 1.63. The highest BCUT2D eigenvalue weighted by atomic mass is 16.5. The molecule has 1 fully saturated rings. The van der Waals surface area contributed by atoms with Crippen molar-refractivity contribution in [3.05, 3.63) is 29.8 Å². The lowest BCUT2D eigenvalue weighted by Gasteiger charge is -2.25. The maximum absolute atomic E-state index is 9.63. The maximum Gasteiger partial charge on any atom is 0.118 e. The molecule has 1 saturated carbocycles. The van der Waals surface area contributed by atoms with Crippen molar-refractivity contribution in [1.82, 2.24) is 0 Å². The average molecular weight is 234 g/mol. The first-order chi connectivity index (χ1) is 8.28. The molecule has 0 aromatic heterocycles. The highest BCUT2D eigenvalue weighted by molar-refractivity contribution is 5.27. The Bertz CT molecular complexity index is 331. The molecular formula is C15H22O2. The van der Waals surface area contributed by atoms with Gasteiger partial charge in [0, 0.05) is 0 Å². The molecule has 2 atom stereocenters. The van der Waals surface area contributed by atoms with Gasteiger partial charge in [-0.15, -0.1) is 0 Å². The highest BCUT2D eigenvalue weighted by Crippen LogP contribution is 2.28. The van der Waals surface area contributed by atoms with Crippen molar-refractivity contribution in [1.29, 1.82) is 0 Å². The molecule has 2 rings (SSSR count). The summed E-state index contributed by atoms with van der Waals surface area (Å²) < 4.78 is 5.14. The van der Waals surface area contributed by atoms with Crippen molar-refractivity contribution >= 4 is 0 Å². The topological polar surface area (TPSA) is 29.5 Å². The lowest BCUT2D eigenvalue weighted by Crippen LogP contribution is -2.19. The van der Waals surface area contributed by atoms with Gasteiger partial charge in [-0.1, -0.05) is 25.0 Å². The van der Waals surface area contributed by atoms with E-state index in [2.05, 4.69) is 12.1 Å². The molecule has 0 radical (unpaired) electrons. The number of hydrogen-bond acceptors (Lipinski definition) is 2. The summed E-state index contributed by atoms with van der Waals surface area (Å²) in [6.45, 7) is 0. The van der Waals surface area contributed by atoms with Gasteiger partial charge in [0.15, 0.2) is 0 Å². The van der Waals surface area contributed by atoms with Gasteiger partial charge in [0.2, 0.25) is 0 Å². The second kappa shape index (κ2) is 6.06. The fourth-order valence-corrected chi connectivity index (χ4v) is 2.69. The number of aliphatic hydroxyl groups excluding tert-OH is 1. The van der Waals surface area contributed by atoms with Crippen molar-refractivity contribution in [3.63, 3.8) is 0 Å². The Morgan fingerprint density at radius 3 is 2.65 bits per heavy atom. The zero-order valence-electron chi connectivity index (χ0n) is 10.6. The summed E-state index contributed by atoms with van der Waals surface area (Å²) in [6, 6.07) is 8.31. The van der Waals surface area contributed by atoms with Crippen LogP contribution in [0.25, 0.3) is 0 Å². The van der Waals surface area contributed by atoms with Crippen LogP contribution in [-0.2, 0) is 6.42 Å². The molecule has 94 valence electrons. The van der Waals surface area contributed by atoms with E-state index in [9.17, 15) is 5.11 Å². The first-order valence-corrected chi connectivity index (χ1v) is 6.59. The van der Waals surface area contributed by atoms with E-state index in [1.165, 1.54) is 24.8 Å². The van der Waals surface area contributed by atoms with E-state index in [0.717, 1.165) is 25.0 Å². The van der Waals surface area contributed by atoms with Gasteiger partial charge in [-0.3, -0.25) is 0 Å². The number of hydrogen-bond donors (Lipinski definition) is 1. The molecule has 0 unspecified atom stereocenters. The Labute approximate surface area is 104 Å². The van der Waals surface area contributed by atoms with Gasteiger partial charge in [0.25, 0.3) is 0 Å². The number of benzene rings is 1. The maximum atomic E-state index is 9.63. The van der Waals surface area contributed by atoms with Crippen molar-refractivity contribution in [3.8, 4) is 5.75 Å². The van der Waals surface area contributed by atoms with E-state index >= 15 is 0 Å². The zero-order chi connectivity index (χ0) is 12.1. The van der Waals surface area contributed by atoms with Crippen LogP contribution in [0.15, 0.2) is 24.3 Å². The Kier molecular flexibility index (Phi) is 4.43. The lowest BCUT2D eigenvalue weighted by atomic mass is 9.83. The average Bonchev–Trinajstić information content (AvgIpc) is 2.37. The molecule has 0 amide bonds. The summed E-state index contributed by atoms with van der Waals surface area (Å²) >= 11 is 0. The van der Waals surface area contributed by atoms with Crippen LogP contribution >= 0.6 is 0 Å². The molecule has 0 spiro atoms. The predicted molar refractivity (Wildman–Crippen MR) is 69.3 cm³/mol. The van der Waals surface area contributed by atoms with Crippen molar-refractivity contribution in [2.45, 2.75) is 44.6 Å². The van der Waals surface area contributed by atoms with E-state index in [4.69, 9.17) is 4.74 Å². The van der Waals surface area contributed by atoms with E-state index in [1.54, 1.807) is 7.11 Å². The summed E-state index contributed by atoms with van der Waals surface area (Å²) in [7, 11) is 1.69. The number of methoxy groups -OCH3 is 1. The van der Waals surface area contributed by atoms with Crippen molar-refractivity contribution < 1.29 is 9.84 Å². The van der Waals surface area contributed by atoms with Crippen LogP contribution in [0.5, 0.6) is 5.75 Å². The zero-order valence-corrected chi connectivity index (χ0v) is 10.6. The van der Waals surface area contributed by atoms with Crippen LogP contribution in [0.1, 0.15) is 37.7 Å². The molecule has 2 nitrogen and oxygen atoms in total. The van der Waals surface area contributed by atoms with Crippen molar-refractivity contribution in [2.75, 3.05) is 7.11 Å². The smallest absolute Gasteiger partial charge is 0.118 e. The molecule has 1 aromatic rings. The van der Waals surface area contributed by atoms with Crippen LogP contribution in [0.4, 0.5) is 0 Å². The monoisotopic (exact) mass is 234 g/mol. The SMILES string of the molecule is COc1ccc(CC[C@H]2CCC[C@H](O)C2)cc1. The van der Waals surface area contributed by atoms with Crippen LogP contribution in [0, 0.1) is 5.92 Å². The van der Waals surface area contributed by atoms with Crippen molar-refractivity contribution in [2.24, 2.45) is 5.92 Å². The third-order valence-corrected chi connectivity index (χ3v) is 3.76. The summed E-state index contributed by atoms with van der Waals surface area (Å²) in [4.78, 5) is 0. The van der Waals surface area contributed by atoms with Gasteiger partial charge in [-0.05, 0) is 49.3 Å². The second-order valence-electron chi connectivity index (χ2n) is 5.07. The third-order valence-electron chi connectivity index (χ3n) is 3.76. The van der Waals surface area contributed by atoms with Gasteiger partial charge in [0.05, 0.1) is 13.2 Å². The van der Waals surface area contributed by atoms with E-state index in [1.807, 2.05) is 12.1 Å². The number of aliphatic hydroxyl groups is 1. The first kappa shape index (κ1) is 12.4. The normalized spacial score (nSPS) is 24.6. The standard InChI is InChI=1S/C15H22O2/c1-17-15-9-7-12(8-10-15)5-6-13-3-2-4-14(16)11-13/h7-10,13-14,16H,2-6,11H2,1H3/t13-,14+/m1/s1. The van der Waals surface area contributed by atoms with Gasteiger partial charge in [-0.25, -0.2) is 0 Å². The van der Waals surface area contributed by atoms with E-state index in [-0.39, 0.29) is 6.10 Å².